The van der Waals surface area contributed by atoms with Crippen molar-refractivity contribution in [2.24, 2.45) is 5.41 Å². The molecule has 2 bridgehead atoms. The lowest BCUT2D eigenvalue weighted by Gasteiger charge is -2.45. The number of benzene rings is 1. The molecule has 4 aliphatic heterocycles. The van der Waals surface area contributed by atoms with Gasteiger partial charge in [0, 0.05) is 49.5 Å². The molecule has 2 unspecified atom stereocenters. The highest BCUT2D eigenvalue weighted by Gasteiger charge is 2.66. The van der Waals surface area contributed by atoms with Gasteiger partial charge in [0.25, 0.3) is 5.91 Å². The summed E-state index contributed by atoms with van der Waals surface area (Å²) in [4.78, 5) is 32.1. The van der Waals surface area contributed by atoms with Gasteiger partial charge in [0.1, 0.15) is 5.41 Å². The number of hydrogen-bond acceptors (Lipinski definition) is 4. The molecule has 0 saturated carbocycles. The number of likely N-dealkylation sites (tertiary alicyclic amines) is 1. The van der Waals surface area contributed by atoms with Gasteiger partial charge >= 0.3 is 0 Å². The standard InChI is InChI=1S/C23H25N3O2/c27-21-18-6-3-4-11-23(18)20(15-26(21)22(23)28)24-12-9-17(10-13-24)25-14-8-16-5-1-2-7-19(16)25/h1-7,17,20H,8-15H2. The number of nitrogens with zero attached hydrogens (tertiary/aromatic N) is 3. The van der Waals surface area contributed by atoms with E-state index in [9.17, 15) is 9.59 Å². The SMILES string of the molecule is O=C1C2=CC=CCC23C(=O)N1CC3N1CCC(N2CCc3ccccc32)CC1. The predicted octanol–water partition coefficient (Wildman–Crippen LogP) is 2.14. The van der Waals surface area contributed by atoms with Crippen LogP contribution in [0.1, 0.15) is 24.8 Å². The van der Waals surface area contributed by atoms with Crippen LogP contribution >= 0.6 is 0 Å². The van der Waals surface area contributed by atoms with Gasteiger partial charge in [0.05, 0.1) is 0 Å². The van der Waals surface area contributed by atoms with E-state index in [2.05, 4.69) is 40.1 Å². The first-order valence-corrected chi connectivity index (χ1v) is 10.5. The monoisotopic (exact) mass is 375 g/mol. The third-order valence-corrected chi connectivity index (χ3v) is 7.65. The van der Waals surface area contributed by atoms with Crippen molar-refractivity contribution < 1.29 is 9.59 Å². The summed E-state index contributed by atoms with van der Waals surface area (Å²) in [7, 11) is 0. The van der Waals surface area contributed by atoms with Crippen molar-refractivity contribution in [1.29, 1.82) is 0 Å². The lowest BCUT2D eigenvalue weighted by atomic mass is 9.70. The molecule has 1 aliphatic carbocycles. The van der Waals surface area contributed by atoms with Crippen molar-refractivity contribution in [2.75, 3.05) is 31.1 Å². The van der Waals surface area contributed by atoms with Crippen LogP contribution in [0.5, 0.6) is 0 Å². The molecule has 5 aliphatic rings. The van der Waals surface area contributed by atoms with Crippen LogP contribution in [0.2, 0.25) is 0 Å². The molecule has 1 aromatic rings. The van der Waals surface area contributed by atoms with Crippen molar-refractivity contribution in [3.8, 4) is 0 Å². The first kappa shape index (κ1) is 16.5. The second-order valence-electron chi connectivity index (χ2n) is 8.76. The zero-order valence-corrected chi connectivity index (χ0v) is 16.0. The van der Waals surface area contributed by atoms with Crippen molar-refractivity contribution in [1.82, 2.24) is 9.80 Å². The van der Waals surface area contributed by atoms with Gasteiger partial charge in [-0.05, 0) is 37.3 Å². The van der Waals surface area contributed by atoms with Gasteiger partial charge < -0.3 is 4.90 Å². The average molecular weight is 375 g/mol. The smallest absolute Gasteiger partial charge is 0.257 e. The van der Waals surface area contributed by atoms with Crippen molar-refractivity contribution in [3.63, 3.8) is 0 Å². The molecule has 144 valence electrons. The second-order valence-corrected chi connectivity index (χ2v) is 8.76. The highest BCUT2D eigenvalue weighted by atomic mass is 16.2. The van der Waals surface area contributed by atoms with E-state index in [0.29, 0.717) is 19.0 Å². The normalized spacial score (nSPS) is 32.1. The van der Waals surface area contributed by atoms with Crippen LogP contribution in [0.15, 0.2) is 48.1 Å². The molecule has 6 rings (SSSR count). The van der Waals surface area contributed by atoms with Gasteiger partial charge in [-0.1, -0.05) is 36.4 Å². The Labute approximate surface area is 165 Å². The number of anilines is 1. The van der Waals surface area contributed by atoms with Crippen molar-refractivity contribution >= 4 is 17.5 Å². The average Bonchev–Trinajstić information content (AvgIpc) is 3.35. The maximum Gasteiger partial charge on any atom is 0.257 e. The lowest BCUT2D eigenvalue weighted by molar-refractivity contribution is -0.137. The number of amides is 2. The molecular weight excluding hydrogens is 350 g/mol. The number of piperidine rings is 2. The van der Waals surface area contributed by atoms with Crippen LogP contribution in [0.3, 0.4) is 0 Å². The van der Waals surface area contributed by atoms with Crippen LogP contribution < -0.4 is 4.90 Å². The predicted molar refractivity (Wildman–Crippen MR) is 107 cm³/mol. The quantitative estimate of drug-likeness (QED) is 0.743. The highest BCUT2D eigenvalue weighted by molar-refractivity contribution is 6.19. The number of para-hydroxylation sites is 1. The zero-order valence-electron chi connectivity index (χ0n) is 16.0. The molecular formula is C23H25N3O2. The molecule has 3 fully saturated rings. The second kappa shape index (κ2) is 5.80. The summed E-state index contributed by atoms with van der Waals surface area (Å²) in [6.45, 7) is 3.69. The summed E-state index contributed by atoms with van der Waals surface area (Å²) in [5, 5.41) is 0. The van der Waals surface area contributed by atoms with E-state index in [4.69, 9.17) is 0 Å². The first-order chi connectivity index (χ1) is 13.7. The highest BCUT2D eigenvalue weighted by Crippen LogP contribution is 2.53. The Kier molecular flexibility index (Phi) is 3.43. The Morgan fingerprint density at radius 2 is 1.86 bits per heavy atom. The molecule has 0 aromatic heterocycles. The van der Waals surface area contributed by atoms with E-state index < -0.39 is 5.41 Å². The minimum Gasteiger partial charge on any atom is -0.368 e. The first-order valence-electron chi connectivity index (χ1n) is 10.5. The number of allylic oxidation sites excluding steroid dienone is 3. The number of rotatable bonds is 2. The van der Waals surface area contributed by atoms with E-state index in [1.165, 1.54) is 16.2 Å². The van der Waals surface area contributed by atoms with E-state index >= 15 is 0 Å². The Bertz CT molecular complexity index is 928. The summed E-state index contributed by atoms with van der Waals surface area (Å²) in [6, 6.07) is 9.50. The van der Waals surface area contributed by atoms with E-state index in [1.54, 1.807) is 0 Å². The largest absolute Gasteiger partial charge is 0.368 e. The Morgan fingerprint density at radius 1 is 1.04 bits per heavy atom. The molecule has 2 amide bonds. The van der Waals surface area contributed by atoms with Crippen LogP contribution in [0.25, 0.3) is 0 Å². The molecule has 28 heavy (non-hydrogen) atoms. The fourth-order valence-corrected chi connectivity index (χ4v) is 6.25. The van der Waals surface area contributed by atoms with Crippen LogP contribution in [0.4, 0.5) is 5.69 Å². The fourth-order valence-electron chi connectivity index (χ4n) is 6.25. The molecule has 5 nitrogen and oxygen atoms in total. The maximum atomic E-state index is 13.0. The molecule has 5 heteroatoms. The molecule has 0 N–H and O–H groups in total. The maximum absolute atomic E-state index is 13.0. The van der Waals surface area contributed by atoms with E-state index in [-0.39, 0.29) is 17.9 Å². The van der Waals surface area contributed by atoms with Gasteiger partial charge in [0.15, 0.2) is 0 Å². The summed E-state index contributed by atoms with van der Waals surface area (Å²) >= 11 is 0. The minimum atomic E-state index is -0.612. The summed E-state index contributed by atoms with van der Waals surface area (Å²) < 4.78 is 0. The van der Waals surface area contributed by atoms with Crippen LogP contribution in [0, 0.1) is 5.41 Å². The van der Waals surface area contributed by atoms with E-state index in [0.717, 1.165) is 44.5 Å². The number of carbonyl (C=O) groups is 2. The number of carbonyl (C=O) groups excluding carboxylic acids is 2. The minimum absolute atomic E-state index is 0.0358. The van der Waals surface area contributed by atoms with E-state index in [1.807, 2.05) is 12.2 Å². The number of imide groups is 1. The van der Waals surface area contributed by atoms with Crippen LogP contribution in [-0.2, 0) is 16.0 Å². The topological polar surface area (TPSA) is 43.9 Å². The molecule has 2 atom stereocenters. The summed E-state index contributed by atoms with van der Waals surface area (Å²) in [5.41, 5.74) is 3.00. The molecule has 3 saturated heterocycles. The molecule has 1 spiro atoms. The van der Waals surface area contributed by atoms with Gasteiger partial charge in [0.2, 0.25) is 5.91 Å². The Morgan fingerprint density at radius 3 is 2.71 bits per heavy atom. The molecule has 0 radical (unpaired) electrons. The Hall–Kier alpha value is -2.40. The lowest BCUT2D eigenvalue weighted by Crippen LogP contribution is -2.56. The summed E-state index contributed by atoms with van der Waals surface area (Å²) in [5.74, 6) is -0.0251. The summed E-state index contributed by atoms with van der Waals surface area (Å²) in [6.07, 6.45) is 9.93. The van der Waals surface area contributed by atoms with Crippen LogP contribution in [-0.4, -0.2) is 59.9 Å². The van der Waals surface area contributed by atoms with Gasteiger partial charge in [-0.3, -0.25) is 19.4 Å². The molecule has 4 heterocycles. The Balaban J connectivity index is 1.21. The van der Waals surface area contributed by atoms with Crippen molar-refractivity contribution in [3.05, 3.63) is 53.6 Å². The fraction of sp³-hybridized carbons (Fsp3) is 0.478. The zero-order chi connectivity index (χ0) is 18.9. The van der Waals surface area contributed by atoms with Gasteiger partial charge in [-0.15, -0.1) is 0 Å². The van der Waals surface area contributed by atoms with Gasteiger partial charge in [-0.25, -0.2) is 0 Å². The number of hydrogen-bond donors (Lipinski definition) is 0. The van der Waals surface area contributed by atoms with Crippen molar-refractivity contribution in [2.45, 2.75) is 37.8 Å². The molecule has 1 aromatic carbocycles. The number of fused-ring (bicyclic) bond motifs is 2. The van der Waals surface area contributed by atoms with Gasteiger partial charge in [-0.2, -0.15) is 0 Å². The third-order valence-electron chi connectivity index (χ3n) is 7.65. The third kappa shape index (κ3) is 2.00.